The van der Waals surface area contributed by atoms with Gasteiger partial charge in [-0.25, -0.2) is 0 Å². The van der Waals surface area contributed by atoms with Gasteiger partial charge < -0.3 is 19.3 Å². The number of ether oxygens (including phenoxy) is 3. The third-order valence-electron chi connectivity index (χ3n) is 5.08. The van der Waals surface area contributed by atoms with Gasteiger partial charge in [0.2, 0.25) is 0 Å². The molecule has 0 heterocycles. The average Bonchev–Trinajstić information content (AvgIpc) is 2.75. The molecular formula is C25H28O4. The topological polar surface area (TPSA) is 47.9 Å². The first-order valence-electron chi connectivity index (χ1n) is 9.71. The number of hydrogen-bond acceptors (Lipinski definition) is 4. The van der Waals surface area contributed by atoms with Crippen molar-refractivity contribution < 1.29 is 19.3 Å². The Kier molecular flexibility index (Phi) is 6.91. The zero-order chi connectivity index (χ0) is 20.7. The normalized spacial score (nSPS) is 21.0. The second kappa shape index (κ2) is 9.59. The van der Waals surface area contributed by atoms with Crippen molar-refractivity contribution in [2.24, 2.45) is 0 Å². The molecule has 1 aliphatic carbocycles. The van der Waals surface area contributed by atoms with Crippen LogP contribution in [0.2, 0.25) is 0 Å². The van der Waals surface area contributed by atoms with Gasteiger partial charge in [-0.1, -0.05) is 60.7 Å². The predicted molar refractivity (Wildman–Crippen MR) is 116 cm³/mol. The highest BCUT2D eigenvalue weighted by Crippen LogP contribution is 2.38. The van der Waals surface area contributed by atoms with Gasteiger partial charge in [0.1, 0.15) is 11.7 Å². The van der Waals surface area contributed by atoms with Crippen LogP contribution >= 0.6 is 0 Å². The summed E-state index contributed by atoms with van der Waals surface area (Å²) in [5.74, 6) is 0.569. The third-order valence-corrected chi connectivity index (χ3v) is 5.08. The second-order valence-electron chi connectivity index (χ2n) is 7.04. The number of rotatable bonds is 8. The molecule has 0 aromatic heterocycles. The molecule has 29 heavy (non-hydrogen) atoms. The van der Waals surface area contributed by atoms with Gasteiger partial charge in [-0.15, -0.1) is 0 Å². The van der Waals surface area contributed by atoms with Crippen LogP contribution < -0.4 is 4.74 Å². The highest BCUT2D eigenvalue weighted by atomic mass is 16.5. The quantitative estimate of drug-likeness (QED) is 0.681. The zero-order valence-corrected chi connectivity index (χ0v) is 17.2. The molecule has 2 unspecified atom stereocenters. The number of allylic oxidation sites excluding steroid dienone is 3. The maximum absolute atomic E-state index is 10.8. The van der Waals surface area contributed by atoms with Crippen molar-refractivity contribution in [2.45, 2.75) is 31.7 Å². The van der Waals surface area contributed by atoms with Gasteiger partial charge in [-0.05, 0) is 36.3 Å². The highest BCUT2D eigenvalue weighted by Gasteiger charge is 2.39. The van der Waals surface area contributed by atoms with E-state index in [1.54, 1.807) is 14.2 Å². The van der Waals surface area contributed by atoms with Crippen LogP contribution in [0, 0.1) is 0 Å². The molecule has 0 radical (unpaired) electrons. The minimum Gasteiger partial charge on any atom is -0.504 e. The molecule has 2 aromatic rings. The minimum absolute atomic E-state index is 0.126. The van der Waals surface area contributed by atoms with Crippen molar-refractivity contribution >= 4 is 6.08 Å². The molecular weight excluding hydrogens is 364 g/mol. The van der Waals surface area contributed by atoms with Crippen molar-refractivity contribution in [3.05, 3.63) is 89.5 Å². The second-order valence-corrected chi connectivity index (χ2v) is 7.04. The Morgan fingerprint density at radius 1 is 1.10 bits per heavy atom. The summed E-state index contributed by atoms with van der Waals surface area (Å²) < 4.78 is 17.6. The van der Waals surface area contributed by atoms with E-state index in [2.05, 4.69) is 0 Å². The fraction of sp³-hybridized carbons (Fsp3) is 0.280. The van der Waals surface area contributed by atoms with E-state index >= 15 is 0 Å². The summed E-state index contributed by atoms with van der Waals surface area (Å²) in [6.45, 7) is 2.39. The fourth-order valence-electron chi connectivity index (χ4n) is 3.62. The molecule has 152 valence electrons. The van der Waals surface area contributed by atoms with Crippen molar-refractivity contribution in [3.63, 3.8) is 0 Å². The standard InChI is InChI=1S/C25H28O4/c1-4-10-20-15-21(24(26)22(16-20)27-2)17-25(14-9-8-13-23(25)28-3)29-18-19-11-6-5-7-12-19/h4-16,23,26H,17-18H2,1-3H3. The Bertz CT molecular complexity index is 899. The Hall–Kier alpha value is -2.82. The minimum atomic E-state index is -0.754. The van der Waals surface area contributed by atoms with Crippen LogP contribution in [0.25, 0.3) is 6.08 Å². The van der Waals surface area contributed by atoms with E-state index in [4.69, 9.17) is 14.2 Å². The Morgan fingerprint density at radius 2 is 1.90 bits per heavy atom. The molecule has 4 heteroatoms. The number of methoxy groups -OCH3 is 2. The van der Waals surface area contributed by atoms with E-state index in [9.17, 15) is 5.11 Å². The molecule has 0 spiro atoms. The van der Waals surface area contributed by atoms with Crippen molar-refractivity contribution in [1.29, 1.82) is 0 Å². The Balaban J connectivity index is 1.98. The summed E-state index contributed by atoms with van der Waals surface area (Å²) in [5, 5.41) is 10.8. The van der Waals surface area contributed by atoms with Crippen molar-refractivity contribution in [1.82, 2.24) is 0 Å². The van der Waals surface area contributed by atoms with Gasteiger partial charge >= 0.3 is 0 Å². The molecule has 0 aliphatic heterocycles. The molecule has 1 N–H and O–H groups in total. The Morgan fingerprint density at radius 3 is 2.59 bits per heavy atom. The molecule has 2 atom stereocenters. The molecule has 0 amide bonds. The lowest BCUT2D eigenvalue weighted by Gasteiger charge is -2.38. The summed E-state index contributed by atoms with van der Waals surface area (Å²) >= 11 is 0. The van der Waals surface area contributed by atoms with Crippen LogP contribution in [0.4, 0.5) is 0 Å². The number of hydrogen-bond donors (Lipinski definition) is 1. The Labute approximate surface area is 172 Å². The van der Waals surface area contributed by atoms with Crippen LogP contribution in [0.15, 0.2) is 72.8 Å². The molecule has 0 saturated heterocycles. The van der Waals surface area contributed by atoms with Crippen molar-refractivity contribution in [3.8, 4) is 11.5 Å². The first-order valence-corrected chi connectivity index (χ1v) is 9.71. The molecule has 3 rings (SSSR count). The van der Waals surface area contributed by atoms with E-state index in [1.165, 1.54) is 0 Å². The summed E-state index contributed by atoms with van der Waals surface area (Å²) in [7, 11) is 3.23. The van der Waals surface area contributed by atoms with E-state index in [0.717, 1.165) is 16.7 Å². The molecule has 0 fully saturated rings. The number of aromatic hydroxyl groups is 1. The number of phenols is 1. The predicted octanol–water partition coefficient (Wildman–Crippen LogP) is 5.07. The van der Waals surface area contributed by atoms with E-state index in [-0.39, 0.29) is 11.9 Å². The summed E-state index contributed by atoms with van der Waals surface area (Å²) in [5.41, 5.74) is 2.03. The van der Waals surface area contributed by atoms with Crippen LogP contribution in [-0.4, -0.2) is 31.0 Å². The average molecular weight is 392 g/mol. The lowest BCUT2D eigenvalue weighted by Crippen LogP contribution is -2.46. The van der Waals surface area contributed by atoms with Crippen LogP contribution in [0.1, 0.15) is 23.6 Å². The van der Waals surface area contributed by atoms with Crippen LogP contribution in [0.3, 0.4) is 0 Å². The first-order chi connectivity index (χ1) is 14.1. The van der Waals surface area contributed by atoms with E-state index < -0.39 is 5.60 Å². The van der Waals surface area contributed by atoms with E-state index in [0.29, 0.717) is 18.8 Å². The van der Waals surface area contributed by atoms with Gasteiger partial charge in [0.25, 0.3) is 0 Å². The van der Waals surface area contributed by atoms with Gasteiger partial charge in [-0.2, -0.15) is 0 Å². The molecule has 0 bridgehead atoms. The SMILES string of the molecule is CC=Cc1cc(CC2(OCc3ccccc3)C=CC=CC2OC)c(O)c(OC)c1. The monoisotopic (exact) mass is 392 g/mol. The number of phenolic OH excluding ortho intramolecular Hbond substituents is 1. The molecule has 0 saturated carbocycles. The lowest BCUT2D eigenvalue weighted by atomic mass is 9.84. The maximum atomic E-state index is 10.8. The largest absolute Gasteiger partial charge is 0.504 e. The van der Waals surface area contributed by atoms with Crippen molar-refractivity contribution in [2.75, 3.05) is 14.2 Å². The lowest BCUT2D eigenvalue weighted by molar-refractivity contribution is -0.0968. The van der Waals surface area contributed by atoms with Gasteiger partial charge in [-0.3, -0.25) is 0 Å². The third kappa shape index (κ3) is 4.78. The van der Waals surface area contributed by atoms with Crippen LogP contribution in [0.5, 0.6) is 11.5 Å². The first kappa shape index (κ1) is 20.9. The maximum Gasteiger partial charge on any atom is 0.161 e. The van der Waals surface area contributed by atoms with Crippen LogP contribution in [-0.2, 0) is 22.5 Å². The van der Waals surface area contributed by atoms with Gasteiger partial charge in [0.05, 0.1) is 13.7 Å². The summed E-state index contributed by atoms with van der Waals surface area (Å²) in [4.78, 5) is 0. The number of benzene rings is 2. The van der Waals surface area contributed by atoms with Gasteiger partial charge in [0.15, 0.2) is 11.5 Å². The zero-order valence-electron chi connectivity index (χ0n) is 17.2. The molecule has 4 nitrogen and oxygen atoms in total. The summed E-state index contributed by atoms with van der Waals surface area (Å²) in [6.07, 6.45) is 12.0. The highest BCUT2D eigenvalue weighted by molar-refractivity contribution is 5.59. The summed E-state index contributed by atoms with van der Waals surface area (Å²) in [6, 6.07) is 13.8. The molecule has 2 aromatic carbocycles. The molecule has 1 aliphatic rings. The van der Waals surface area contributed by atoms with Gasteiger partial charge in [0, 0.05) is 19.1 Å². The smallest absolute Gasteiger partial charge is 0.161 e. The van der Waals surface area contributed by atoms with E-state index in [1.807, 2.05) is 85.8 Å². The fourth-order valence-corrected chi connectivity index (χ4v) is 3.62.